The molecule has 0 bridgehead atoms. The van der Waals surface area contributed by atoms with Crippen LogP contribution in [0.2, 0.25) is 5.02 Å². The number of ether oxygens (including phenoxy) is 1. The summed E-state index contributed by atoms with van der Waals surface area (Å²) < 4.78 is 4.26. The fraction of sp³-hybridized carbons (Fsp3) is 0. The van der Waals surface area contributed by atoms with E-state index >= 15 is 0 Å². The van der Waals surface area contributed by atoms with Gasteiger partial charge >= 0.3 is 11.9 Å². The Labute approximate surface area is 87.5 Å². The quantitative estimate of drug-likeness (QED) is 0.314. The second-order valence-corrected chi connectivity index (χ2v) is 3.13. The molecule has 6 nitrogen and oxygen atoms in total. The molecule has 15 heavy (non-hydrogen) atoms. The van der Waals surface area contributed by atoms with Crippen LogP contribution in [0.5, 0.6) is 0 Å². The first-order valence-electron chi connectivity index (χ1n) is 3.75. The highest BCUT2D eigenvalue weighted by molar-refractivity contribution is 6.37. The summed E-state index contributed by atoms with van der Waals surface area (Å²) in [5.74, 6) is -1.80. The van der Waals surface area contributed by atoms with Crippen LogP contribution in [0, 0.1) is 10.1 Å². The van der Waals surface area contributed by atoms with Crippen LogP contribution in [-0.2, 0) is 4.74 Å². The monoisotopic (exact) mass is 227 g/mol. The number of halogens is 1. The molecular weight excluding hydrogens is 226 g/mol. The molecule has 1 aliphatic heterocycles. The fourth-order valence-electron chi connectivity index (χ4n) is 1.27. The van der Waals surface area contributed by atoms with Crippen LogP contribution < -0.4 is 0 Å². The first kappa shape index (κ1) is 9.60. The van der Waals surface area contributed by atoms with Crippen molar-refractivity contribution >= 4 is 29.2 Å². The number of rotatable bonds is 1. The van der Waals surface area contributed by atoms with E-state index in [-0.39, 0.29) is 16.1 Å². The summed E-state index contributed by atoms with van der Waals surface area (Å²) in [4.78, 5) is 31.9. The number of benzene rings is 1. The van der Waals surface area contributed by atoms with E-state index in [9.17, 15) is 19.7 Å². The third kappa shape index (κ3) is 1.26. The number of cyclic esters (lactones) is 2. The molecule has 0 saturated heterocycles. The summed E-state index contributed by atoms with van der Waals surface area (Å²) in [7, 11) is 0. The Morgan fingerprint density at radius 2 is 1.93 bits per heavy atom. The van der Waals surface area contributed by atoms with E-state index < -0.39 is 22.5 Å². The predicted octanol–water partition coefficient (Wildman–Crippen LogP) is 1.56. The first-order valence-corrected chi connectivity index (χ1v) is 4.13. The van der Waals surface area contributed by atoms with Gasteiger partial charge in [-0.05, 0) is 6.07 Å². The van der Waals surface area contributed by atoms with Crippen LogP contribution in [0.25, 0.3) is 0 Å². The number of carbonyl (C=O) groups is 2. The Morgan fingerprint density at radius 1 is 1.27 bits per heavy atom. The Morgan fingerprint density at radius 3 is 2.53 bits per heavy atom. The lowest BCUT2D eigenvalue weighted by Gasteiger charge is -1.97. The molecule has 0 fully saturated rings. The molecule has 0 saturated carbocycles. The van der Waals surface area contributed by atoms with Crippen LogP contribution in [-0.4, -0.2) is 16.9 Å². The minimum absolute atomic E-state index is 0.0457. The van der Waals surface area contributed by atoms with Gasteiger partial charge in [0.1, 0.15) is 10.6 Å². The molecule has 0 radical (unpaired) electrons. The van der Waals surface area contributed by atoms with Crippen molar-refractivity contribution in [2.45, 2.75) is 0 Å². The van der Waals surface area contributed by atoms with Crippen molar-refractivity contribution in [1.82, 2.24) is 0 Å². The van der Waals surface area contributed by atoms with Crippen molar-refractivity contribution in [1.29, 1.82) is 0 Å². The number of nitro groups is 1. The summed E-state index contributed by atoms with van der Waals surface area (Å²) in [6.45, 7) is 0. The van der Waals surface area contributed by atoms with Gasteiger partial charge in [0.2, 0.25) is 0 Å². The zero-order chi connectivity index (χ0) is 11.2. The third-order valence-electron chi connectivity index (χ3n) is 1.93. The summed E-state index contributed by atoms with van der Waals surface area (Å²) >= 11 is 5.61. The van der Waals surface area contributed by atoms with Crippen LogP contribution in [0.15, 0.2) is 12.1 Å². The molecule has 1 heterocycles. The van der Waals surface area contributed by atoms with Crippen molar-refractivity contribution in [3.8, 4) is 0 Å². The molecule has 1 aromatic carbocycles. The molecule has 0 atom stereocenters. The van der Waals surface area contributed by atoms with E-state index in [1.807, 2.05) is 0 Å². The van der Waals surface area contributed by atoms with Crippen LogP contribution in [0.3, 0.4) is 0 Å². The van der Waals surface area contributed by atoms with E-state index in [4.69, 9.17) is 11.6 Å². The van der Waals surface area contributed by atoms with Crippen LogP contribution in [0.1, 0.15) is 20.7 Å². The lowest BCUT2D eigenvalue weighted by atomic mass is 10.1. The van der Waals surface area contributed by atoms with E-state index in [0.29, 0.717) is 0 Å². The number of nitrogens with zero attached hydrogens (tertiary/aromatic N) is 1. The predicted molar refractivity (Wildman–Crippen MR) is 47.9 cm³/mol. The van der Waals surface area contributed by atoms with Gasteiger partial charge in [0.05, 0.1) is 10.5 Å². The van der Waals surface area contributed by atoms with Crippen LogP contribution >= 0.6 is 11.6 Å². The number of nitro benzene ring substituents is 1. The molecule has 0 N–H and O–H groups in total. The van der Waals surface area contributed by atoms with Crippen molar-refractivity contribution in [3.05, 3.63) is 38.4 Å². The normalized spacial score (nSPS) is 13.7. The molecule has 0 spiro atoms. The SMILES string of the molecule is O=C1OC(=O)c2c1ccc([N+](=O)[O-])c2Cl. The minimum Gasteiger partial charge on any atom is -0.386 e. The largest absolute Gasteiger partial charge is 0.386 e. The van der Waals surface area contributed by atoms with Crippen molar-refractivity contribution in [2.75, 3.05) is 0 Å². The van der Waals surface area contributed by atoms with Gasteiger partial charge in [-0.1, -0.05) is 11.6 Å². The van der Waals surface area contributed by atoms with Gasteiger partial charge in [0, 0.05) is 6.07 Å². The second-order valence-electron chi connectivity index (χ2n) is 2.76. The van der Waals surface area contributed by atoms with Crippen molar-refractivity contribution in [2.24, 2.45) is 0 Å². The summed E-state index contributed by atoms with van der Waals surface area (Å²) in [6, 6.07) is 2.20. The number of carbonyl (C=O) groups excluding carboxylic acids is 2. The topological polar surface area (TPSA) is 86.5 Å². The second kappa shape index (κ2) is 3.03. The van der Waals surface area contributed by atoms with Gasteiger partial charge < -0.3 is 4.74 Å². The zero-order valence-electron chi connectivity index (χ0n) is 7.02. The highest BCUT2D eigenvalue weighted by Crippen LogP contribution is 2.34. The van der Waals surface area contributed by atoms with Gasteiger partial charge in [-0.25, -0.2) is 9.59 Å². The van der Waals surface area contributed by atoms with Gasteiger partial charge in [0.15, 0.2) is 0 Å². The van der Waals surface area contributed by atoms with E-state index in [0.717, 1.165) is 12.1 Å². The number of fused-ring (bicyclic) bond motifs is 1. The maximum atomic E-state index is 11.1. The minimum atomic E-state index is -0.955. The van der Waals surface area contributed by atoms with E-state index in [1.165, 1.54) is 0 Å². The number of esters is 2. The average Bonchev–Trinajstić information content (AvgIpc) is 2.43. The third-order valence-corrected chi connectivity index (χ3v) is 2.31. The van der Waals surface area contributed by atoms with Crippen molar-refractivity contribution < 1.29 is 19.2 Å². The van der Waals surface area contributed by atoms with Gasteiger partial charge in [-0.15, -0.1) is 0 Å². The molecule has 76 valence electrons. The number of hydrogen-bond donors (Lipinski definition) is 0. The Balaban J connectivity index is 2.74. The molecule has 1 aromatic rings. The molecule has 0 aromatic heterocycles. The summed E-state index contributed by atoms with van der Waals surface area (Å²) in [5, 5.41) is 10.1. The van der Waals surface area contributed by atoms with Gasteiger partial charge in [0.25, 0.3) is 5.69 Å². The van der Waals surface area contributed by atoms with Gasteiger partial charge in [-0.2, -0.15) is 0 Å². The maximum Gasteiger partial charge on any atom is 0.348 e. The van der Waals surface area contributed by atoms with E-state index in [2.05, 4.69) is 4.74 Å². The molecule has 0 amide bonds. The van der Waals surface area contributed by atoms with Gasteiger partial charge in [-0.3, -0.25) is 10.1 Å². The Hall–Kier alpha value is -1.95. The fourth-order valence-corrected chi connectivity index (χ4v) is 1.58. The molecule has 2 rings (SSSR count). The summed E-state index contributed by atoms with van der Waals surface area (Å²) in [5.41, 5.74) is -0.714. The highest BCUT2D eigenvalue weighted by Gasteiger charge is 2.35. The lowest BCUT2D eigenvalue weighted by Crippen LogP contribution is -1.98. The van der Waals surface area contributed by atoms with Crippen LogP contribution in [0.4, 0.5) is 5.69 Å². The molecule has 1 aliphatic rings. The summed E-state index contributed by atoms with van der Waals surface area (Å²) in [6.07, 6.45) is 0. The Kier molecular flexibility index (Phi) is 1.94. The Bertz CT molecular complexity index is 510. The molecular formula is C8H2ClNO5. The first-order chi connectivity index (χ1) is 7.02. The molecule has 7 heteroatoms. The average molecular weight is 228 g/mol. The highest BCUT2D eigenvalue weighted by atomic mass is 35.5. The number of hydrogen-bond acceptors (Lipinski definition) is 5. The lowest BCUT2D eigenvalue weighted by molar-refractivity contribution is -0.384. The standard InChI is InChI=1S/C8H2ClNO5/c9-6-4(10(13)14)2-1-3-5(6)8(12)15-7(3)11/h1-2H. The van der Waals surface area contributed by atoms with E-state index in [1.54, 1.807) is 0 Å². The zero-order valence-corrected chi connectivity index (χ0v) is 7.78. The smallest absolute Gasteiger partial charge is 0.348 e. The maximum absolute atomic E-state index is 11.1. The molecule has 0 unspecified atom stereocenters. The molecule has 0 aliphatic carbocycles. The van der Waals surface area contributed by atoms with Crippen molar-refractivity contribution in [3.63, 3.8) is 0 Å².